The number of esters is 1. The number of aryl methyl sites for hydroxylation is 1. The summed E-state index contributed by atoms with van der Waals surface area (Å²) in [5.41, 5.74) is 5.17. The van der Waals surface area contributed by atoms with Crippen LogP contribution >= 0.6 is 31.9 Å². The van der Waals surface area contributed by atoms with Crippen LogP contribution in [0.1, 0.15) is 32.2 Å². The van der Waals surface area contributed by atoms with Crippen molar-refractivity contribution in [3.05, 3.63) is 80.1 Å². The Labute approximate surface area is 199 Å². The van der Waals surface area contributed by atoms with Crippen molar-refractivity contribution in [2.75, 3.05) is 7.11 Å². The van der Waals surface area contributed by atoms with Gasteiger partial charge in [-0.05, 0) is 70.9 Å². The van der Waals surface area contributed by atoms with E-state index < -0.39 is 11.9 Å². The van der Waals surface area contributed by atoms with Crippen molar-refractivity contribution in [3.8, 4) is 11.3 Å². The Morgan fingerprint density at radius 3 is 2.62 bits per heavy atom. The summed E-state index contributed by atoms with van der Waals surface area (Å²) in [6.07, 6.45) is 1.40. The molecule has 0 unspecified atom stereocenters. The number of fused-ring (bicyclic) bond motifs is 1. The number of ether oxygens (including phenoxy) is 1. The Morgan fingerprint density at radius 1 is 1.06 bits per heavy atom. The van der Waals surface area contributed by atoms with E-state index in [4.69, 9.17) is 13.6 Å². The normalized spacial score (nSPS) is 11.2. The van der Waals surface area contributed by atoms with Gasteiger partial charge in [-0.2, -0.15) is 5.10 Å². The lowest BCUT2D eigenvalue weighted by Gasteiger charge is -2.05. The van der Waals surface area contributed by atoms with Crippen molar-refractivity contribution in [3.63, 3.8) is 0 Å². The van der Waals surface area contributed by atoms with E-state index in [0.717, 1.165) is 25.5 Å². The third-order valence-electron chi connectivity index (χ3n) is 4.66. The van der Waals surface area contributed by atoms with E-state index in [9.17, 15) is 9.59 Å². The van der Waals surface area contributed by atoms with Gasteiger partial charge in [-0.1, -0.05) is 22.0 Å². The van der Waals surface area contributed by atoms with Crippen LogP contribution < -0.4 is 5.43 Å². The largest absolute Gasteiger partial charge is 0.465 e. The lowest BCUT2D eigenvalue weighted by atomic mass is 10.0. The highest BCUT2D eigenvalue weighted by atomic mass is 79.9. The third-order valence-corrected chi connectivity index (χ3v) is 5.70. The van der Waals surface area contributed by atoms with Gasteiger partial charge in [0.1, 0.15) is 17.1 Å². The molecule has 0 spiro atoms. The molecule has 0 fully saturated rings. The van der Waals surface area contributed by atoms with Crippen LogP contribution in [0.15, 0.2) is 71.4 Å². The molecule has 32 heavy (non-hydrogen) atoms. The Kier molecular flexibility index (Phi) is 6.29. The van der Waals surface area contributed by atoms with E-state index in [0.29, 0.717) is 22.7 Å². The molecule has 0 bridgehead atoms. The molecule has 0 atom stereocenters. The Bertz CT molecular complexity index is 1370. The second kappa shape index (κ2) is 9.13. The maximum absolute atomic E-state index is 12.4. The molecule has 9 heteroatoms. The fourth-order valence-electron chi connectivity index (χ4n) is 3.15. The van der Waals surface area contributed by atoms with Gasteiger partial charge < -0.3 is 13.6 Å². The summed E-state index contributed by atoms with van der Waals surface area (Å²) in [6, 6.07) is 14.1. The molecule has 162 valence electrons. The lowest BCUT2D eigenvalue weighted by molar-refractivity contribution is 0.0600. The molecule has 2 heterocycles. The second-order valence-corrected chi connectivity index (χ2v) is 8.61. The van der Waals surface area contributed by atoms with E-state index >= 15 is 0 Å². The van der Waals surface area contributed by atoms with Crippen molar-refractivity contribution in [2.24, 2.45) is 5.10 Å². The molecule has 2 aromatic carbocycles. The molecule has 4 rings (SSSR count). The molecular weight excluding hydrogens is 544 g/mol. The molecule has 2 aromatic heterocycles. The summed E-state index contributed by atoms with van der Waals surface area (Å²) < 4.78 is 17.8. The van der Waals surface area contributed by atoms with Gasteiger partial charge in [0.15, 0.2) is 5.76 Å². The van der Waals surface area contributed by atoms with Crippen LogP contribution in [0, 0.1) is 6.92 Å². The lowest BCUT2D eigenvalue weighted by Crippen LogP contribution is -2.16. The number of benzene rings is 2. The predicted octanol–water partition coefficient (Wildman–Crippen LogP) is 6.08. The maximum atomic E-state index is 12.4. The minimum atomic E-state index is -0.485. The van der Waals surface area contributed by atoms with Crippen LogP contribution in [0.3, 0.4) is 0 Å². The van der Waals surface area contributed by atoms with Gasteiger partial charge in [0.2, 0.25) is 0 Å². The van der Waals surface area contributed by atoms with Crippen molar-refractivity contribution in [1.29, 1.82) is 0 Å². The topological polar surface area (TPSA) is 94.0 Å². The molecule has 0 radical (unpaired) electrons. The fourth-order valence-corrected chi connectivity index (χ4v) is 4.49. The third kappa shape index (κ3) is 4.53. The first-order valence-corrected chi connectivity index (χ1v) is 11.0. The van der Waals surface area contributed by atoms with Crippen LogP contribution in [0.25, 0.3) is 22.3 Å². The van der Waals surface area contributed by atoms with Gasteiger partial charge in [0.25, 0.3) is 0 Å². The minimum absolute atomic E-state index is 0.136. The first-order chi connectivity index (χ1) is 15.4. The van der Waals surface area contributed by atoms with Crippen LogP contribution in [0.4, 0.5) is 0 Å². The van der Waals surface area contributed by atoms with E-state index in [1.807, 2.05) is 19.1 Å². The SMILES string of the molecule is COC(=O)c1ccc(-c2ccc(/C=N\NC(=O)c3cc4cc(Br)cc(Br)c4o3)o2)c(C)c1. The fraction of sp³-hybridized carbons (Fsp3) is 0.0870. The van der Waals surface area contributed by atoms with Crippen LogP contribution in [-0.2, 0) is 4.74 Å². The summed E-state index contributed by atoms with van der Waals surface area (Å²) >= 11 is 6.82. The Balaban J connectivity index is 1.46. The smallest absolute Gasteiger partial charge is 0.337 e. The molecule has 1 amide bonds. The van der Waals surface area contributed by atoms with E-state index in [-0.39, 0.29) is 5.76 Å². The van der Waals surface area contributed by atoms with Crippen LogP contribution in [-0.4, -0.2) is 25.2 Å². The molecule has 0 aliphatic carbocycles. The Hall–Kier alpha value is -3.17. The van der Waals surface area contributed by atoms with Gasteiger partial charge in [0.05, 0.1) is 23.4 Å². The first-order valence-electron chi connectivity index (χ1n) is 9.37. The molecular formula is C23H16Br2N2O5. The molecule has 0 saturated heterocycles. The van der Waals surface area contributed by atoms with Crippen molar-refractivity contribution >= 4 is 60.9 Å². The second-order valence-electron chi connectivity index (χ2n) is 6.84. The number of hydrazone groups is 1. The number of methoxy groups -OCH3 is 1. The summed E-state index contributed by atoms with van der Waals surface area (Å²) in [5, 5.41) is 4.73. The summed E-state index contributed by atoms with van der Waals surface area (Å²) in [7, 11) is 1.34. The number of hydrogen-bond donors (Lipinski definition) is 1. The first kappa shape index (κ1) is 22.0. The number of amides is 1. The standard InChI is InChI=1S/C23H16Br2N2O5/c1-12-7-13(23(29)30-2)3-5-17(12)19-6-4-16(31-19)11-26-27-22(28)20-9-14-8-15(24)10-18(25)21(14)32-20/h3-11H,1-2H3,(H,27,28)/b26-11-. The monoisotopic (exact) mass is 558 g/mol. The average molecular weight is 560 g/mol. The van der Waals surface area contributed by atoms with Gasteiger partial charge in [-0.15, -0.1) is 0 Å². The van der Waals surface area contributed by atoms with Crippen LogP contribution in [0.5, 0.6) is 0 Å². The number of nitrogens with zero attached hydrogens (tertiary/aromatic N) is 1. The van der Waals surface area contributed by atoms with Gasteiger partial charge in [-0.3, -0.25) is 4.79 Å². The molecule has 4 aromatic rings. The van der Waals surface area contributed by atoms with Crippen molar-refractivity contribution < 1.29 is 23.2 Å². The van der Waals surface area contributed by atoms with Gasteiger partial charge >= 0.3 is 11.9 Å². The summed E-state index contributed by atoms with van der Waals surface area (Å²) in [4.78, 5) is 24.0. The van der Waals surface area contributed by atoms with E-state index in [2.05, 4.69) is 42.4 Å². The Morgan fingerprint density at radius 2 is 1.88 bits per heavy atom. The minimum Gasteiger partial charge on any atom is -0.465 e. The highest BCUT2D eigenvalue weighted by molar-refractivity contribution is 9.11. The number of carbonyl (C=O) groups is 2. The molecule has 0 aliphatic heterocycles. The molecule has 1 N–H and O–H groups in total. The van der Waals surface area contributed by atoms with E-state index in [1.54, 1.807) is 36.4 Å². The predicted molar refractivity (Wildman–Crippen MR) is 127 cm³/mol. The average Bonchev–Trinajstić information content (AvgIpc) is 3.40. The number of carbonyl (C=O) groups excluding carboxylic acids is 2. The van der Waals surface area contributed by atoms with Gasteiger partial charge in [-0.25, -0.2) is 10.2 Å². The summed E-state index contributed by atoms with van der Waals surface area (Å²) in [5.74, 6) is 0.318. The number of furan rings is 2. The number of rotatable bonds is 5. The quantitative estimate of drug-likeness (QED) is 0.182. The zero-order chi connectivity index (χ0) is 22.8. The van der Waals surface area contributed by atoms with Crippen molar-refractivity contribution in [1.82, 2.24) is 5.43 Å². The zero-order valence-corrected chi connectivity index (χ0v) is 20.1. The number of nitrogens with one attached hydrogen (secondary N) is 1. The zero-order valence-electron chi connectivity index (χ0n) is 16.9. The van der Waals surface area contributed by atoms with Gasteiger partial charge in [0, 0.05) is 15.4 Å². The highest BCUT2D eigenvalue weighted by Gasteiger charge is 2.15. The summed E-state index contributed by atoms with van der Waals surface area (Å²) in [6.45, 7) is 1.88. The molecule has 7 nitrogen and oxygen atoms in total. The highest BCUT2D eigenvalue weighted by Crippen LogP contribution is 2.31. The molecule has 0 saturated carbocycles. The number of halogens is 2. The maximum Gasteiger partial charge on any atom is 0.337 e. The van der Waals surface area contributed by atoms with Crippen LogP contribution in [0.2, 0.25) is 0 Å². The number of hydrogen-bond acceptors (Lipinski definition) is 6. The molecule has 0 aliphatic rings. The van der Waals surface area contributed by atoms with Crippen molar-refractivity contribution in [2.45, 2.75) is 6.92 Å². The van der Waals surface area contributed by atoms with E-state index in [1.165, 1.54) is 13.3 Å².